The molecule has 1 N–H and O–H groups in total. The van der Waals surface area contributed by atoms with Crippen molar-refractivity contribution in [1.82, 2.24) is 10.2 Å². The summed E-state index contributed by atoms with van der Waals surface area (Å²) in [6.45, 7) is 0. The Bertz CT molecular complexity index is 755. The highest BCUT2D eigenvalue weighted by molar-refractivity contribution is 14.1. The van der Waals surface area contributed by atoms with E-state index in [2.05, 4.69) is 14.9 Å². The number of nitrogens with zero attached hydrogens (tertiary/aromatic N) is 2. The number of hydrogen-bond acceptors (Lipinski definition) is 5. The van der Waals surface area contributed by atoms with Crippen LogP contribution in [0.1, 0.15) is 5.56 Å². The van der Waals surface area contributed by atoms with Crippen LogP contribution < -0.4 is 9.46 Å². The van der Waals surface area contributed by atoms with Gasteiger partial charge in [0.1, 0.15) is 3.70 Å². The molecule has 1 heterocycles. The van der Waals surface area contributed by atoms with Crippen molar-refractivity contribution in [3.63, 3.8) is 0 Å². The molecule has 1 aromatic heterocycles. The van der Waals surface area contributed by atoms with E-state index in [4.69, 9.17) is 16.3 Å². The van der Waals surface area contributed by atoms with Crippen LogP contribution in [0.15, 0.2) is 30.3 Å². The molecule has 0 aliphatic carbocycles. The van der Waals surface area contributed by atoms with Gasteiger partial charge in [0.2, 0.25) is 15.8 Å². The first kappa shape index (κ1) is 16.2. The molecule has 21 heavy (non-hydrogen) atoms. The second kappa shape index (κ2) is 6.75. The van der Waals surface area contributed by atoms with Crippen LogP contribution in [0.25, 0.3) is 0 Å². The Kier molecular flexibility index (Phi) is 5.22. The van der Waals surface area contributed by atoms with E-state index in [9.17, 15) is 8.42 Å². The quantitative estimate of drug-likeness (QED) is 0.725. The first-order valence-corrected chi connectivity index (χ1v) is 8.83. The minimum absolute atomic E-state index is 0.0463. The van der Waals surface area contributed by atoms with Gasteiger partial charge < -0.3 is 4.74 Å². The Morgan fingerprint density at radius 3 is 2.71 bits per heavy atom. The van der Waals surface area contributed by atoms with Gasteiger partial charge in [-0.3, -0.25) is 4.72 Å². The van der Waals surface area contributed by atoms with Gasteiger partial charge in [-0.05, 0) is 34.2 Å². The fourth-order valence-corrected chi connectivity index (χ4v) is 3.42. The third-order valence-corrected chi connectivity index (χ3v) is 4.60. The number of hydrogen-bond donors (Lipinski definition) is 1. The third kappa shape index (κ3) is 4.42. The lowest BCUT2D eigenvalue weighted by Gasteiger charge is -2.11. The van der Waals surface area contributed by atoms with Gasteiger partial charge in [0, 0.05) is 11.1 Å². The van der Waals surface area contributed by atoms with Crippen molar-refractivity contribution < 1.29 is 13.2 Å². The Morgan fingerprint density at radius 2 is 2.05 bits per heavy atom. The number of rotatable bonds is 5. The van der Waals surface area contributed by atoms with E-state index in [0.717, 1.165) is 0 Å². The average molecular weight is 440 g/mol. The van der Waals surface area contributed by atoms with E-state index >= 15 is 0 Å². The average Bonchev–Trinajstić information content (AvgIpc) is 2.43. The summed E-state index contributed by atoms with van der Waals surface area (Å²) >= 11 is 7.92. The lowest BCUT2D eigenvalue weighted by molar-refractivity contribution is 0.413. The molecule has 0 amide bonds. The Hall–Kier alpha value is -1.13. The fourth-order valence-electron chi connectivity index (χ4n) is 1.58. The smallest absolute Gasteiger partial charge is 0.238 e. The number of aromatic nitrogens is 2. The van der Waals surface area contributed by atoms with Crippen LogP contribution in [-0.2, 0) is 15.8 Å². The van der Waals surface area contributed by atoms with Crippen LogP contribution in [0, 0.1) is 3.70 Å². The predicted octanol–water partition coefficient (Wildman–Crippen LogP) is 2.69. The second-order valence-electron chi connectivity index (χ2n) is 4.04. The molecule has 0 unspecified atom stereocenters. The number of nitrogens with one attached hydrogen (secondary N) is 1. The summed E-state index contributed by atoms with van der Waals surface area (Å²) in [5, 5.41) is 7.98. The van der Waals surface area contributed by atoms with Gasteiger partial charge in [-0.1, -0.05) is 29.8 Å². The van der Waals surface area contributed by atoms with Crippen LogP contribution in [0.2, 0.25) is 5.02 Å². The molecule has 0 aliphatic rings. The highest BCUT2D eigenvalue weighted by Gasteiger charge is 2.17. The number of benzene rings is 1. The topological polar surface area (TPSA) is 81.2 Å². The van der Waals surface area contributed by atoms with Crippen LogP contribution >= 0.6 is 34.2 Å². The van der Waals surface area contributed by atoms with Crippen molar-refractivity contribution in [2.45, 2.75) is 5.75 Å². The number of ether oxygens (including phenoxy) is 1. The molecule has 2 aromatic rings. The first-order valence-electron chi connectivity index (χ1n) is 5.72. The monoisotopic (exact) mass is 439 g/mol. The summed E-state index contributed by atoms with van der Waals surface area (Å²) in [5.41, 5.74) is 0.504. The number of anilines is 1. The normalized spacial score (nSPS) is 11.2. The Balaban J connectivity index is 2.24. The maximum Gasteiger partial charge on any atom is 0.238 e. The summed E-state index contributed by atoms with van der Waals surface area (Å²) in [6.07, 6.45) is 0. The van der Waals surface area contributed by atoms with E-state index in [1.807, 2.05) is 22.6 Å². The molecule has 6 nitrogen and oxygen atoms in total. The summed E-state index contributed by atoms with van der Waals surface area (Å²) in [6, 6.07) is 8.33. The molecule has 9 heteroatoms. The van der Waals surface area contributed by atoms with Crippen molar-refractivity contribution >= 4 is 50.0 Å². The molecular weight excluding hydrogens is 429 g/mol. The molecule has 0 radical (unpaired) electrons. The van der Waals surface area contributed by atoms with Crippen LogP contribution in [0.5, 0.6) is 5.75 Å². The van der Waals surface area contributed by atoms with Gasteiger partial charge in [0.15, 0.2) is 5.75 Å². The van der Waals surface area contributed by atoms with Crippen molar-refractivity contribution in [2.24, 2.45) is 0 Å². The molecule has 2 rings (SSSR count). The SMILES string of the molecule is COc1cc(I)nnc1NS(=O)(=O)Cc1ccccc1Cl. The van der Waals surface area contributed by atoms with E-state index in [1.165, 1.54) is 7.11 Å². The van der Waals surface area contributed by atoms with Crippen molar-refractivity contribution in [3.05, 3.63) is 44.6 Å². The largest absolute Gasteiger partial charge is 0.493 e. The van der Waals surface area contributed by atoms with E-state index in [0.29, 0.717) is 20.0 Å². The van der Waals surface area contributed by atoms with Crippen molar-refractivity contribution in [2.75, 3.05) is 11.8 Å². The Labute approximate surface area is 141 Å². The van der Waals surface area contributed by atoms with Crippen LogP contribution in [-0.4, -0.2) is 25.7 Å². The summed E-state index contributed by atoms with van der Waals surface area (Å²) in [4.78, 5) is 0. The zero-order chi connectivity index (χ0) is 15.5. The van der Waals surface area contributed by atoms with Gasteiger partial charge in [-0.25, -0.2) is 8.42 Å². The second-order valence-corrected chi connectivity index (χ2v) is 7.27. The van der Waals surface area contributed by atoms with E-state index < -0.39 is 10.0 Å². The maximum atomic E-state index is 12.2. The molecule has 0 fully saturated rings. The zero-order valence-corrected chi connectivity index (χ0v) is 14.6. The van der Waals surface area contributed by atoms with Crippen LogP contribution in [0.4, 0.5) is 5.82 Å². The first-order chi connectivity index (χ1) is 9.91. The van der Waals surface area contributed by atoms with E-state index in [-0.39, 0.29) is 11.6 Å². The minimum Gasteiger partial charge on any atom is -0.493 e. The van der Waals surface area contributed by atoms with Gasteiger partial charge in [-0.15, -0.1) is 10.2 Å². The molecule has 0 bridgehead atoms. The zero-order valence-electron chi connectivity index (χ0n) is 10.9. The van der Waals surface area contributed by atoms with Gasteiger partial charge in [0.25, 0.3) is 0 Å². The predicted molar refractivity (Wildman–Crippen MR) is 89.0 cm³/mol. The molecule has 0 saturated carbocycles. The van der Waals surface area contributed by atoms with Crippen molar-refractivity contribution in [1.29, 1.82) is 0 Å². The molecule has 0 aliphatic heterocycles. The van der Waals surface area contributed by atoms with Crippen molar-refractivity contribution in [3.8, 4) is 5.75 Å². The van der Waals surface area contributed by atoms with Gasteiger partial charge >= 0.3 is 0 Å². The van der Waals surface area contributed by atoms with Gasteiger partial charge in [-0.2, -0.15) is 0 Å². The maximum absolute atomic E-state index is 12.2. The highest BCUT2D eigenvalue weighted by atomic mass is 127. The fraction of sp³-hybridized carbons (Fsp3) is 0.167. The Morgan fingerprint density at radius 1 is 1.33 bits per heavy atom. The van der Waals surface area contributed by atoms with Crippen LogP contribution in [0.3, 0.4) is 0 Å². The van der Waals surface area contributed by atoms with E-state index in [1.54, 1.807) is 30.3 Å². The number of sulfonamides is 1. The number of methoxy groups -OCH3 is 1. The summed E-state index contributed by atoms with van der Waals surface area (Å²) in [7, 11) is -2.25. The third-order valence-electron chi connectivity index (χ3n) is 2.50. The lowest BCUT2D eigenvalue weighted by atomic mass is 10.2. The summed E-state index contributed by atoms with van der Waals surface area (Å²) < 4.78 is 32.4. The molecule has 1 aromatic carbocycles. The molecule has 0 saturated heterocycles. The lowest BCUT2D eigenvalue weighted by Crippen LogP contribution is -2.17. The minimum atomic E-state index is -3.68. The van der Waals surface area contributed by atoms with Gasteiger partial charge in [0.05, 0.1) is 12.9 Å². The summed E-state index contributed by atoms with van der Waals surface area (Å²) in [5.74, 6) is 0.0887. The molecular formula is C12H11ClIN3O3S. The number of halogens is 2. The molecule has 0 atom stereocenters. The molecule has 112 valence electrons. The standard InChI is InChI=1S/C12H11ClIN3O3S/c1-20-10-6-11(14)15-16-12(10)17-21(18,19)7-8-4-2-3-5-9(8)13/h2-6H,7H2,1H3,(H,16,17). The highest BCUT2D eigenvalue weighted by Crippen LogP contribution is 2.24. The molecule has 0 spiro atoms.